The molecule has 0 spiro atoms. The van der Waals surface area contributed by atoms with Gasteiger partial charge in [0.2, 0.25) is 0 Å². The minimum absolute atomic E-state index is 0.0856. The van der Waals surface area contributed by atoms with E-state index in [9.17, 15) is 18.4 Å². The zero-order valence-corrected chi connectivity index (χ0v) is 20.8. The van der Waals surface area contributed by atoms with Gasteiger partial charge in [0.15, 0.2) is 5.69 Å². The number of nitrogens with zero attached hydrogens (tertiary/aromatic N) is 4. The molecule has 7 nitrogen and oxygen atoms in total. The number of amides is 1. The Morgan fingerprint density at radius 3 is 2.29 bits per heavy atom. The van der Waals surface area contributed by atoms with Crippen LogP contribution in [0.5, 0.6) is 0 Å². The van der Waals surface area contributed by atoms with Gasteiger partial charge in [-0.2, -0.15) is 5.10 Å². The molecule has 4 aromatic rings. The van der Waals surface area contributed by atoms with Gasteiger partial charge in [0.25, 0.3) is 5.91 Å². The Morgan fingerprint density at radius 1 is 0.868 bits per heavy atom. The van der Waals surface area contributed by atoms with Gasteiger partial charge in [0.1, 0.15) is 11.6 Å². The number of benzene rings is 3. The molecule has 2 heterocycles. The molecule has 9 heteroatoms. The number of anilines is 1. The predicted molar refractivity (Wildman–Crippen MR) is 139 cm³/mol. The molecule has 1 fully saturated rings. The maximum Gasteiger partial charge on any atom is 0.358 e. The number of halogens is 2. The van der Waals surface area contributed by atoms with E-state index in [1.54, 1.807) is 42.2 Å². The average Bonchev–Trinajstić information content (AvgIpc) is 3.39. The van der Waals surface area contributed by atoms with Gasteiger partial charge >= 0.3 is 5.97 Å². The first kappa shape index (κ1) is 25.1. The molecule has 194 valence electrons. The number of rotatable bonds is 6. The summed E-state index contributed by atoms with van der Waals surface area (Å²) in [6.07, 6.45) is 0. The predicted octanol–water partition coefficient (Wildman–Crippen LogP) is 4.96. The van der Waals surface area contributed by atoms with Gasteiger partial charge < -0.3 is 14.5 Å². The normalized spacial score (nSPS) is 13.4. The van der Waals surface area contributed by atoms with Crippen molar-refractivity contribution in [3.8, 4) is 16.9 Å². The monoisotopic (exact) mass is 516 g/mol. The van der Waals surface area contributed by atoms with Crippen molar-refractivity contribution in [3.05, 3.63) is 102 Å². The van der Waals surface area contributed by atoms with Crippen LogP contribution in [0.25, 0.3) is 16.9 Å². The van der Waals surface area contributed by atoms with Crippen molar-refractivity contribution < 1.29 is 23.1 Å². The Balaban J connectivity index is 1.34. The fraction of sp³-hybridized carbons (Fsp3) is 0.207. The van der Waals surface area contributed by atoms with E-state index >= 15 is 0 Å². The molecule has 0 N–H and O–H groups in total. The van der Waals surface area contributed by atoms with E-state index in [2.05, 4.69) is 10.00 Å². The first-order chi connectivity index (χ1) is 18.4. The van der Waals surface area contributed by atoms with Crippen molar-refractivity contribution in [2.75, 3.05) is 37.7 Å². The zero-order chi connectivity index (χ0) is 26.6. The van der Waals surface area contributed by atoms with Crippen molar-refractivity contribution in [1.82, 2.24) is 14.7 Å². The van der Waals surface area contributed by atoms with Crippen LogP contribution in [0.1, 0.15) is 27.8 Å². The highest BCUT2D eigenvalue weighted by Gasteiger charge is 2.24. The first-order valence-corrected chi connectivity index (χ1v) is 12.4. The van der Waals surface area contributed by atoms with Crippen LogP contribution >= 0.6 is 0 Å². The van der Waals surface area contributed by atoms with E-state index in [0.717, 1.165) is 11.3 Å². The van der Waals surface area contributed by atoms with Gasteiger partial charge in [0.05, 0.1) is 23.6 Å². The lowest BCUT2D eigenvalue weighted by Crippen LogP contribution is -2.49. The maximum absolute atomic E-state index is 14.0. The van der Waals surface area contributed by atoms with Gasteiger partial charge in [-0.1, -0.05) is 30.3 Å². The van der Waals surface area contributed by atoms with Crippen LogP contribution in [0.3, 0.4) is 0 Å². The van der Waals surface area contributed by atoms with Gasteiger partial charge in [0, 0.05) is 37.4 Å². The SMILES string of the molecule is CCOC(=O)c1cc(-c2ccc(N3CCN(C(=O)c4ccccc4F)CC3)cc2)n(-c2cccc(F)c2)n1. The van der Waals surface area contributed by atoms with E-state index in [1.807, 2.05) is 24.3 Å². The molecule has 0 unspecified atom stereocenters. The molecular weight excluding hydrogens is 490 g/mol. The minimum atomic E-state index is -0.552. The number of carbonyl (C=O) groups excluding carboxylic acids is 2. The van der Waals surface area contributed by atoms with Crippen LogP contribution in [0.2, 0.25) is 0 Å². The summed E-state index contributed by atoms with van der Waals surface area (Å²) in [4.78, 5) is 28.9. The largest absolute Gasteiger partial charge is 0.461 e. The lowest BCUT2D eigenvalue weighted by atomic mass is 10.1. The number of hydrogen-bond acceptors (Lipinski definition) is 5. The Hall–Kier alpha value is -4.53. The highest BCUT2D eigenvalue weighted by molar-refractivity contribution is 5.94. The smallest absolute Gasteiger partial charge is 0.358 e. The van der Waals surface area contributed by atoms with Crippen molar-refractivity contribution in [1.29, 1.82) is 0 Å². The molecule has 1 aliphatic heterocycles. The average molecular weight is 517 g/mol. The summed E-state index contributed by atoms with van der Waals surface area (Å²) in [5, 5.41) is 4.39. The van der Waals surface area contributed by atoms with Gasteiger partial charge in [-0.3, -0.25) is 4.79 Å². The zero-order valence-electron chi connectivity index (χ0n) is 20.8. The third kappa shape index (κ3) is 5.13. The van der Waals surface area contributed by atoms with Gasteiger partial charge in [-0.15, -0.1) is 0 Å². The molecule has 0 radical (unpaired) electrons. The summed E-state index contributed by atoms with van der Waals surface area (Å²) in [5.74, 6) is -1.78. The molecule has 1 saturated heterocycles. The highest BCUT2D eigenvalue weighted by Crippen LogP contribution is 2.28. The van der Waals surface area contributed by atoms with Crippen molar-refractivity contribution in [2.24, 2.45) is 0 Å². The lowest BCUT2D eigenvalue weighted by Gasteiger charge is -2.36. The van der Waals surface area contributed by atoms with Crippen molar-refractivity contribution in [3.63, 3.8) is 0 Å². The van der Waals surface area contributed by atoms with E-state index in [1.165, 1.54) is 28.9 Å². The second-order valence-corrected chi connectivity index (χ2v) is 8.83. The second-order valence-electron chi connectivity index (χ2n) is 8.83. The molecule has 1 aromatic heterocycles. The van der Waals surface area contributed by atoms with E-state index in [-0.39, 0.29) is 23.8 Å². The lowest BCUT2D eigenvalue weighted by molar-refractivity contribution is 0.0518. The van der Waals surface area contributed by atoms with Gasteiger partial charge in [-0.05, 0) is 55.5 Å². The van der Waals surface area contributed by atoms with Crippen LogP contribution in [0.4, 0.5) is 14.5 Å². The number of hydrogen-bond donors (Lipinski definition) is 0. The topological polar surface area (TPSA) is 67.7 Å². The summed E-state index contributed by atoms with van der Waals surface area (Å²) in [6, 6.07) is 21.4. The second kappa shape index (κ2) is 10.8. The summed E-state index contributed by atoms with van der Waals surface area (Å²) >= 11 is 0. The fourth-order valence-corrected chi connectivity index (χ4v) is 4.51. The number of ether oxygens (including phenoxy) is 1. The molecule has 5 rings (SSSR count). The van der Waals surface area contributed by atoms with Crippen LogP contribution in [0.15, 0.2) is 78.9 Å². The van der Waals surface area contributed by atoms with Crippen LogP contribution in [-0.2, 0) is 4.74 Å². The molecule has 1 aliphatic rings. The standard InChI is InChI=1S/C29H26F2N4O3/c1-2-38-29(37)26-19-27(35(32-26)23-7-5-6-21(30)18-23)20-10-12-22(13-11-20)33-14-16-34(17-15-33)28(36)24-8-3-4-9-25(24)31/h3-13,18-19H,2,14-17H2,1H3. The molecule has 1 amide bonds. The summed E-state index contributed by atoms with van der Waals surface area (Å²) in [6.45, 7) is 4.10. The fourth-order valence-electron chi connectivity index (χ4n) is 4.51. The summed E-state index contributed by atoms with van der Waals surface area (Å²) < 4.78 is 34.6. The number of piperazine rings is 1. The number of aromatic nitrogens is 2. The first-order valence-electron chi connectivity index (χ1n) is 12.4. The quantitative estimate of drug-likeness (QED) is 0.339. The number of carbonyl (C=O) groups is 2. The van der Waals surface area contributed by atoms with E-state index < -0.39 is 17.6 Å². The maximum atomic E-state index is 14.0. The molecule has 0 saturated carbocycles. The van der Waals surface area contributed by atoms with Crippen LogP contribution in [0, 0.1) is 11.6 Å². The summed E-state index contributed by atoms with van der Waals surface area (Å²) in [7, 11) is 0. The third-order valence-electron chi connectivity index (χ3n) is 6.45. The Kier molecular flexibility index (Phi) is 7.17. The van der Waals surface area contributed by atoms with Crippen molar-refractivity contribution >= 4 is 17.6 Å². The molecular formula is C29H26F2N4O3. The molecule has 0 atom stereocenters. The van der Waals surface area contributed by atoms with E-state index in [0.29, 0.717) is 37.6 Å². The van der Waals surface area contributed by atoms with E-state index in [4.69, 9.17) is 4.74 Å². The Morgan fingerprint density at radius 2 is 1.61 bits per heavy atom. The van der Waals surface area contributed by atoms with Gasteiger partial charge in [-0.25, -0.2) is 18.3 Å². The molecule has 0 aliphatic carbocycles. The number of esters is 1. The van der Waals surface area contributed by atoms with Crippen LogP contribution < -0.4 is 4.90 Å². The molecule has 38 heavy (non-hydrogen) atoms. The molecule has 0 bridgehead atoms. The Bertz CT molecular complexity index is 1460. The van der Waals surface area contributed by atoms with Crippen molar-refractivity contribution in [2.45, 2.75) is 6.92 Å². The summed E-state index contributed by atoms with van der Waals surface area (Å²) in [5.41, 5.74) is 3.07. The highest BCUT2D eigenvalue weighted by atomic mass is 19.1. The molecule has 3 aromatic carbocycles. The third-order valence-corrected chi connectivity index (χ3v) is 6.45. The van der Waals surface area contributed by atoms with Crippen LogP contribution in [-0.4, -0.2) is 59.3 Å². The Labute approximate surface area is 218 Å². The minimum Gasteiger partial charge on any atom is -0.461 e.